The van der Waals surface area contributed by atoms with E-state index in [2.05, 4.69) is 10.3 Å². The summed E-state index contributed by atoms with van der Waals surface area (Å²) in [5.41, 5.74) is 2.39. The topological polar surface area (TPSA) is 58.5 Å². The molecular weight excluding hydrogens is 216 g/mol. The summed E-state index contributed by atoms with van der Waals surface area (Å²) in [6.45, 7) is 0. The van der Waals surface area contributed by atoms with E-state index in [-0.39, 0.29) is 5.91 Å². The molecule has 1 aromatic carbocycles. The van der Waals surface area contributed by atoms with Crippen molar-refractivity contribution >= 4 is 17.7 Å². The van der Waals surface area contributed by atoms with Crippen molar-refractivity contribution in [2.75, 3.05) is 5.32 Å². The normalized spacial score (nSPS) is 19.9. The van der Waals surface area contributed by atoms with Crippen molar-refractivity contribution in [1.82, 2.24) is 0 Å². The second kappa shape index (κ2) is 3.54. The summed E-state index contributed by atoms with van der Waals surface area (Å²) in [6, 6.07) is 5.81. The molecule has 0 aromatic heterocycles. The van der Waals surface area contributed by atoms with Gasteiger partial charge < -0.3 is 5.32 Å². The summed E-state index contributed by atoms with van der Waals surface area (Å²) in [6.07, 6.45) is 4.86. The highest BCUT2D eigenvalue weighted by Crippen LogP contribution is 2.48. The SMILES string of the molecule is O=C=NC1(c2cccc3c2NC(=O)C3)CCC1. The smallest absolute Gasteiger partial charge is 0.235 e. The first-order valence-electron chi connectivity index (χ1n) is 5.76. The van der Waals surface area contributed by atoms with E-state index >= 15 is 0 Å². The lowest BCUT2D eigenvalue weighted by Crippen LogP contribution is -2.32. The molecule has 3 rings (SSSR count). The number of hydrogen-bond acceptors (Lipinski definition) is 3. The number of carbonyl (C=O) groups excluding carboxylic acids is 2. The maximum atomic E-state index is 11.4. The maximum Gasteiger partial charge on any atom is 0.235 e. The van der Waals surface area contributed by atoms with Gasteiger partial charge in [-0.2, -0.15) is 4.99 Å². The number of anilines is 1. The molecule has 1 aromatic rings. The van der Waals surface area contributed by atoms with E-state index in [1.807, 2.05) is 18.2 Å². The zero-order valence-electron chi connectivity index (χ0n) is 9.32. The number of carbonyl (C=O) groups is 1. The lowest BCUT2D eigenvalue weighted by molar-refractivity contribution is -0.115. The highest BCUT2D eigenvalue weighted by atomic mass is 16.1. The molecule has 0 radical (unpaired) electrons. The van der Waals surface area contributed by atoms with Crippen molar-refractivity contribution in [3.8, 4) is 0 Å². The Hall–Kier alpha value is -1.93. The molecule has 17 heavy (non-hydrogen) atoms. The van der Waals surface area contributed by atoms with Crippen LogP contribution in [-0.2, 0) is 21.5 Å². The Morgan fingerprint density at radius 2 is 2.18 bits per heavy atom. The van der Waals surface area contributed by atoms with Crippen LogP contribution in [0.25, 0.3) is 0 Å². The van der Waals surface area contributed by atoms with Crippen LogP contribution in [0.5, 0.6) is 0 Å². The van der Waals surface area contributed by atoms with Gasteiger partial charge in [0.2, 0.25) is 12.0 Å². The molecule has 4 heteroatoms. The Balaban J connectivity index is 2.13. The molecular formula is C13H12N2O2. The van der Waals surface area contributed by atoms with E-state index in [0.29, 0.717) is 6.42 Å². The number of hydrogen-bond donors (Lipinski definition) is 1. The van der Waals surface area contributed by atoms with Crippen LogP contribution in [0.1, 0.15) is 30.4 Å². The van der Waals surface area contributed by atoms with Crippen LogP contribution in [0.15, 0.2) is 23.2 Å². The molecule has 0 saturated heterocycles. The summed E-state index contributed by atoms with van der Waals surface area (Å²) >= 11 is 0. The molecule has 1 heterocycles. The van der Waals surface area contributed by atoms with Crippen molar-refractivity contribution in [2.24, 2.45) is 4.99 Å². The van der Waals surface area contributed by atoms with E-state index in [0.717, 1.165) is 36.1 Å². The van der Waals surface area contributed by atoms with Gasteiger partial charge in [0, 0.05) is 5.56 Å². The van der Waals surface area contributed by atoms with Crippen molar-refractivity contribution < 1.29 is 9.59 Å². The van der Waals surface area contributed by atoms with Crippen LogP contribution in [0.4, 0.5) is 5.69 Å². The van der Waals surface area contributed by atoms with Gasteiger partial charge in [-0.1, -0.05) is 18.2 Å². The number of isocyanates is 1. The number of aliphatic imine (C=N–C) groups is 1. The molecule has 1 fully saturated rings. The van der Waals surface area contributed by atoms with Gasteiger partial charge >= 0.3 is 0 Å². The summed E-state index contributed by atoms with van der Waals surface area (Å²) in [5.74, 6) is 0.0111. The van der Waals surface area contributed by atoms with Crippen molar-refractivity contribution in [3.05, 3.63) is 29.3 Å². The highest BCUT2D eigenvalue weighted by molar-refractivity contribution is 6.00. The molecule has 0 unspecified atom stereocenters. The molecule has 86 valence electrons. The fraction of sp³-hybridized carbons (Fsp3) is 0.385. The van der Waals surface area contributed by atoms with E-state index < -0.39 is 5.54 Å². The molecule has 0 bridgehead atoms. The van der Waals surface area contributed by atoms with Gasteiger partial charge in [0.25, 0.3) is 0 Å². The zero-order chi connectivity index (χ0) is 11.9. The standard InChI is InChI=1S/C13H12N2O2/c16-8-14-13(5-2-6-13)10-4-1-3-9-7-11(17)15-12(9)10/h1,3-4H,2,5-7H2,(H,15,17). The van der Waals surface area contributed by atoms with Crippen LogP contribution in [0.2, 0.25) is 0 Å². The van der Waals surface area contributed by atoms with Crippen LogP contribution in [0.3, 0.4) is 0 Å². The van der Waals surface area contributed by atoms with Gasteiger partial charge in [0.05, 0.1) is 12.1 Å². The van der Waals surface area contributed by atoms with Crippen molar-refractivity contribution in [1.29, 1.82) is 0 Å². The molecule has 1 saturated carbocycles. The second-order valence-electron chi connectivity index (χ2n) is 4.65. The van der Waals surface area contributed by atoms with Gasteiger partial charge in [0.15, 0.2) is 0 Å². The highest BCUT2D eigenvalue weighted by Gasteiger charge is 2.42. The Labute approximate surface area is 98.7 Å². The quantitative estimate of drug-likeness (QED) is 0.620. The number of amides is 1. The van der Waals surface area contributed by atoms with E-state index in [9.17, 15) is 9.59 Å². The fourth-order valence-electron chi connectivity index (χ4n) is 2.68. The number of nitrogens with zero attached hydrogens (tertiary/aromatic N) is 1. The number of benzene rings is 1. The largest absolute Gasteiger partial charge is 0.325 e. The van der Waals surface area contributed by atoms with Crippen molar-refractivity contribution in [3.63, 3.8) is 0 Å². The minimum absolute atomic E-state index is 0.0111. The fourth-order valence-corrected chi connectivity index (χ4v) is 2.68. The van der Waals surface area contributed by atoms with Crippen molar-refractivity contribution in [2.45, 2.75) is 31.2 Å². The number of para-hydroxylation sites is 1. The monoisotopic (exact) mass is 228 g/mol. The van der Waals surface area contributed by atoms with E-state index in [1.54, 1.807) is 6.08 Å². The second-order valence-corrected chi connectivity index (χ2v) is 4.65. The lowest BCUT2D eigenvalue weighted by Gasteiger charge is -2.38. The molecule has 0 spiro atoms. The van der Waals surface area contributed by atoms with Gasteiger partial charge in [0.1, 0.15) is 5.54 Å². The van der Waals surface area contributed by atoms with Crippen LogP contribution in [-0.4, -0.2) is 12.0 Å². The van der Waals surface area contributed by atoms with E-state index in [4.69, 9.17) is 0 Å². The zero-order valence-corrected chi connectivity index (χ0v) is 9.32. The first kappa shape index (κ1) is 10.2. The molecule has 1 aliphatic heterocycles. The Bertz CT molecular complexity index is 540. The lowest BCUT2D eigenvalue weighted by atomic mass is 9.71. The maximum absolute atomic E-state index is 11.4. The predicted octanol–water partition coefficient (Wildman–Crippen LogP) is 1.90. The minimum Gasteiger partial charge on any atom is -0.325 e. The molecule has 1 amide bonds. The Morgan fingerprint density at radius 1 is 1.35 bits per heavy atom. The Kier molecular flexibility index (Phi) is 2.13. The minimum atomic E-state index is -0.440. The van der Waals surface area contributed by atoms with Gasteiger partial charge in [-0.05, 0) is 24.8 Å². The molecule has 1 aliphatic carbocycles. The average Bonchev–Trinajstić information content (AvgIpc) is 2.63. The third-order valence-electron chi connectivity index (χ3n) is 3.71. The van der Waals surface area contributed by atoms with Crippen LogP contribution in [0, 0.1) is 0 Å². The Morgan fingerprint density at radius 3 is 2.82 bits per heavy atom. The first-order valence-corrected chi connectivity index (χ1v) is 5.76. The van der Waals surface area contributed by atoms with Gasteiger partial charge in [-0.15, -0.1) is 0 Å². The third kappa shape index (κ3) is 1.41. The van der Waals surface area contributed by atoms with Crippen LogP contribution < -0.4 is 5.32 Å². The van der Waals surface area contributed by atoms with Gasteiger partial charge in [-0.25, -0.2) is 4.79 Å². The average molecular weight is 228 g/mol. The molecule has 4 nitrogen and oxygen atoms in total. The predicted molar refractivity (Wildman–Crippen MR) is 62.4 cm³/mol. The van der Waals surface area contributed by atoms with Gasteiger partial charge in [-0.3, -0.25) is 4.79 Å². The molecule has 1 N–H and O–H groups in total. The first-order chi connectivity index (χ1) is 8.25. The summed E-state index contributed by atoms with van der Waals surface area (Å²) in [7, 11) is 0. The molecule has 0 atom stereocenters. The summed E-state index contributed by atoms with van der Waals surface area (Å²) in [5, 5.41) is 2.87. The number of nitrogens with one attached hydrogen (secondary N) is 1. The summed E-state index contributed by atoms with van der Waals surface area (Å²) < 4.78 is 0. The van der Waals surface area contributed by atoms with Crippen LogP contribution >= 0.6 is 0 Å². The number of fused-ring (bicyclic) bond motifs is 1. The number of rotatable bonds is 2. The van der Waals surface area contributed by atoms with E-state index in [1.165, 1.54) is 0 Å². The third-order valence-corrected chi connectivity index (χ3v) is 3.71. The molecule has 2 aliphatic rings. The summed E-state index contributed by atoms with van der Waals surface area (Å²) in [4.78, 5) is 26.0.